The summed E-state index contributed by atoms with van der Waals surface area (Å²) >= 11 is 1.62. The fourth-order valence-electron chi connectivity index (χ4n) is 2.56. The van der Waals surface area contributed by atoms with Crippen LogP contribution in [-0.4, -0.2) is 17.5 Å². The van der Waals surface area contributed by atoms with Crippen molar-refractivity contribution in [1.29, 1.82) is 0 Å². The van der Waals surface area contributed by atoms with Gasteiger partial charge < -0.3 is 5.73 Å². The fourth-order valence-corrected chi connectivity index (χ4v) is 3.67. The summed E-state index contributed by atoms with van der Waals surface area (Å²) in [6.45, 7) is 8.82. The number of hydrogen-bond donors (Lipinski definition) is 1. The average molecular weight is 294 g/mol. The Balaban J connectivity index is 2.46. The zero-order chi connectivity index (χ0) is 14.7. The zero-order valence-corrected chi connectivity index (χ0v) is 13.3. The highest BCUT2D eigenvalue weighted by atomic mass is 32.1. The third kappa shape index (κ3) is 3.03. The van der Waals surface area contributed by atoms with Crippen molar-refractivity contribution >= 4 is 21.4 Å². The predicted molar refractivity (Wildman–Crippen MR) is 85.5 cm³/mol. The lowest BCUT2D eigenvalue weighted by molar-refractivity contribution is 0.213. The molecule has 0 unspecified atom stereocenters. The molecule has 20 heavy (non-hydrogen) atoms. The van der Waals surface area contributed by atoms with Crippen molar-refractivity contribution in [3.8, 4) is 0 Å². The third-order valence-electron chi connectivity index (χ3n) is 3.63. The minimum atomic E-state index is -0.131. The summed E-state index contributed by atoms with van der Waals surface area (Å²) < 4.78 is 15.2. The van der Waals surface area contributed by atoms with Gasteiger partial charge in [0, 0.05) is 34.1 Å². The summed E-state index contributed by atoms with van der Waals surface area (Å²) in [6, 6.07) is 5.73. The van der Waals surface area contributed by atoms with Gasteiger partial charge in [0.15, 0.2) is 0 Å². The molecule has 0 aliphatic heterocycles. The molecule has 0 spiro atoms. The maximum absolute atomic E-state index is 14.2. The molecule has 1 aromatic carbocycles. The number of hydrogen-bond acceptors (Lipinski definition) is 3. The van der Waals surface area contributed by atoms with Gasteiger partial charge >= 0.3 is 0 Å². The molecule has 0 bridgehead atoms. The molecule has 0 aliphatic carbocycles. The molecule has 2 aromatic rings. The zero-order valence-electron chi connectivity index (χ0n) is 12.4. The van der Waals surface area contributed by atoms with Crippen molar-refractivity contribution < 1.29 is 4.39 Å². The summed E-state index contributed by atoms with van der Waals surface area (Å²) in [5.74, 6) is -0.131. The molecule has 4 heteroatoms. The van der Waals surface area contributed by atoms with Gasteiger partial charge in [-0.05, 0) is 44.5 Å². The maximum Gasteiger partial charge on any atom is 0.132 e. The van der Waals surface area contributed by atoms with Crippen LogP contribution in [0.1, 0.15) is 37.6 Å². The summed E-state index contributed by atoms with van der Waals surface area (Å²) in [7, 11) is 0. The molecule has 0 amide bonds. The van der Waals surface area contributed by atoms with E-state index in [2.05, 4.69) is 25.7 Å². The first-order valence-corrected chi connectivity index (χ1v) is 8.03. The lowest BCUT2D eigenvalue weighted by Gasteiger charge is -2.26. The SMILES string of the molecule is CCCN(Cc1c(CN)sc2cccc(F)c12)C(C)C. The minimum absolute atomic E-state index is 0.131. The fraction of sp³-hybridized carbons (Fsp3) is 0.500. The van der Waals surface area contributed by atoms with Gasteiger partial charge in [0.2, 0.25) is 0 Å². The minimum Gasteiger partial charge on any atom is -0.326 e. The number of nitrogens with two attached hydrogens (primary N) is 1. The van der Waals surface area contributed by atoms with E-state index >= 15 is 0 Å². The topological polar surface area (TPSA) is 29.3 Å². The van der Waals surface area contributed by atoms with E-state index in [1.54, 1.807) is 23.5 Å². The van der Waals surface area contributed by atoms with Crippen LogP contribution in [-0.2, 0) is 13.1 Å². The molecule has 2 nitrogen and oxygen atoms in total. The normalized spacial score (nSPS) is 11.9. The average Bonchev–Trinajstić information content (AvgIpc) is 2.77. The molecule has 2 N–H and O–H groups in total. The van der Waals surface area contributed by atoms with Crippen LogP contribution in [0.2, 0.25) is 0 Å². The summed E-state index contributed by atoms with van der Waals surface area (Å²) in [6.07, 6.45) is 1.10. The van der Waals surface area contributed by atoms with Gasteiger partial charge in [-0.25, -0.2) is 4.39 Å². The molecule has 1 heterocycles. The van der Waals surface area contributed by atoms with Crippen molar-refractivity contribution in [2.45, 2.75) is 46.3 Å². The Bertz CT molecular complexity index is 577. The Morgan fingerprint density at radius 3 is 2.70 bits per heavy atom. The van der Waals surface area contributed by atoms with Crippen molar-refractivity contribution in [3.63, 3.8) is 0 Å². The molecule has 0 aliphatic rings. The number of halogens is 1. The van der Waals surface area contributed by atoms with Crippen molar-refractivity contribution in [1.82, 2.24) is 4.90 Å². The van der Waals surface area contributed by atoms with Gasteiger partial charge in [-0.15, -0.1) is 11.3 Å². The maximum atomic E-state index is 14.2. The Kier molecular flexibility index (Phi) is 5.13. The van der Waals surface area contributed by atoms with E-state index in [0.717, 1.165) is 40.0 Å². The standard InChI is InChI=1S/C16H23FN2S/c1-4-8-19(11(2)3)10-12-15(9-18)20-14-7-5-6-13(17)16(12)14/h5-7,11H,4,8-10,18H2,1-3H3. The molecule has 110 valence electrons. The smallest absolute Gasteiger partial charge is 0.132 e. The first-order chi connectivity index (χ1) is 9.58. The molecule has 0 atom stereocenters. The van der Waals surface area contributed by atoms with Crippen molar-refractivity contribution in [2.75, 3.05) is 6.54 Å². The quantitative estimate of drug-likeness (QED) is 0.868. The number of rotatable bonds is 6. The highest BCUT2D eigenvalue weighted by molar-refractivity contribution is 7.19. The Morgan fingerprint density at radius 2 is 2.10 bits per heavy atom. The molecule has 2 rings (SSSR count). The lowest BCUT2D eigenvalue weighted by Crippen LogP contribution is -2.31. The van der Waals surface area contributed by atoms with Crippen molar-refractivity contribution in [2.24, 2.45) is 5.73 Å². The first kappa shape index (κ1) is 15.4. The van der Waals surface area contributed by atoms with Gasteiger partial charge in [-0.3, -0.25) is 4.90 Å². The number of thiophene rings is 1. The van der Waals surface area contributed by atoms with E-state index in [9.17, 15) is 4.39 Å². The monoisotopic (exact) mass is 294 g/mol. The lowest BCUT2D eigenvalue weighted by atomic mass is 10.1. The van der Waals surface area contributed by atoms with Crippen molar-refractivity contribution in [3.05, 3.63) is 34.5 Å². The molecule has 0 fully saturated rings. The van der Waals surface area contributed by atoms with Crippen LogP contribution >= 0.6 is 11.3 Å². The second-order valence-corrected chi connectivity index (χ2v) is 6.52. The van der Waals surface area contributed by atoms with Crippen LogP contribution in [0.5, 0.6) is 0 Å². The van der Waals surface area contributed by atoms with E-state index in [-0.39, 0.29) is 5.82 Å². The molecule has 1 aromatic heterocycles. The molecular weight excluding hydrogens is 271 g/mol. The van der Waals surface area contributed by atoms with Gasteiger partial charge in [0.25, 0.3) is 0 Å². The van der Waals surface area contributed by atoms with E-state index < -0.39 is 0 Å². The summed E-state index contributed by atoms with van der Waals surface area (Å²) in [5.41, 5.74) is 6.94. The summed E-state index contributed by atoms with van der Waals surface area (Å²) in [4.78, 5) is 3.49. The predicted octanol–water partition coefficient (Wildman–Crippen LogP) is 4.12. The van der Waals surface area contributed by atoms with E-state index in [4.69, 9.17) is 5.73 Å². The van der Waals surface area contributed by atoms with Crippen LogP contribution in [0.15, 0.2) is 18.2 Å². The van der Waals surface area contributed by atoms with E-state index in [1.165, 1.54) is 0 Å². The molecule has 0 saturated heterocycles. The molecule has 0 saturated carbocycles. The summed E-state index contributed by atoms with van der Waals surface area (Å²) in [5, 5.41) is 0.764. The van der Waals surface area contributed by atoms with Gasteiger partial charge in [-0.2, -0.15) is 0 Å². The largest absolute Gasteiger partial charge is 0.326 e. The highest BCUT2D eigenvalue weighted by Gasteiger charge is 2.18. The van der Waals surface area contributed by atoms with Crippen LogP contribution in [0.25, 0.3) is 10.1 Å². The van der Waals surface area contributed by atoms with Crippen LogP contribution in [0.4, 0.5) is 4.39 Å². The Morgan fingerprint density at radius 1 is 1.35 bits per heavy atom. The van der Waals surface area contributed by atoms with Gasteiger partial charge in [0.05, 0.1) is 0 Å². The Hall–Kier alpha value is -0.970. The van der Waals surface area contributed by atoms with Gasteiger partial charge in [-0.1, -0.05) is 13.0 Å². The molecule has 0 radical (unpaired) electrons. The van der Waals surface area contributed by atoms with E-state index in [1.807, 2.05) is 6.07 Å². The first-order valence-electron chi connectivity index (χ1n) is 7.21. The van der Waals surface area contributed by atoms with Crippen LogP contribution in [0.3, 0.4) is 0 Å². The third-order valence-corrected chi connectivity index (χ3v) is 4.85. The van der Waals surface area contributed by atoms with Crippen LogP contribution in [0, 0.1) is 5.82 Å². The number of fused-ring (bicyclic) bond motifs is 1. The van der Waals surface area contributed by atoms with Gasteiger partial charge in [0.1, 0.15) is 5.82 Å². The van der Waals surface area contributed by atoms with E-state index in [0.29, 0.717) is 12.6 Å². The second kappa shape index (κ2) is 6.66. The molecular formula is C16H23FN2S. The Labute approximate surface area is 124 Å². The second-order valence-electron chi connectivity index (χ2n) is 5.39. The number of nitrogens with zero attached hydrogens (tertiary/aromatic N) is 1. The number of benzene rings is 1. The van der Waals surface area contributed by atoms with Crippen LogP contribution < -0.4 is 5.73 Å². The highest BCUT2D eigenvalue weighted by Crippen LogP contribution is 2.34.